The van der Waals surface area contributed by atoms with Crippen LogP contribution in [-0.2, 0) is 4.79 Å². The Bertz CT molecular complexity index is 544. The third-order valence-electron chi connectivity index (χ3n) is 4.00. The van der Waals surface area contributed by atoms with Gasteiger partial charge in [-0.15, -0.1) is 12.4 Å². The van der Waals surface area contributed by atoms with E-state index in [0.29, 0.717) is 19.6 Å². The van der Waals surface area contributed by atoms with Crippen LogP contribution in [0, 0.1) is 5.92 Å². The van der Waals surface area contributed by atoms with Crippen LogP contribution in [0.1, 0.15) is 35.8 Å². The van der Waals surface area contributed by atoms with E-state index in [1.807, 2.05) is 47.9 Å². The summed E-state index contributed by atoms with van der Waals surface area (Å²) in [7, 11) is 0. The number of hydrogen-bond donors (Lipinski definition) is 0. The Kier molecular flexibility index (Phi) is 4.04. The van der Waals surface area contributed by atoms with Gasteiger partial charge < -0.3 is 9.80 Å². The number of hydrogen-bond acceptors (Lipinski definition) is 2. The molecule has 1 aromatic rings. The summed E-state index contributed by atoms with van der Waals surface area (Å²) in [6.45, 7) is 5.74. The van der Waals surface area contributed by atoms with Gasteiger partial charge >= 0.3 is 0 Å². The quantitative estimate of drug-likeness (QED) is 0.796. The number of benzene rings is 1. The van der Waals surface area contributed by atoms with Gasteiger partial charge in [0.05, 0.1) is 6.04 Å². The van der Waals surface area contributed by atoms with Gasteiger partial charge in [0.15, 0.2) is 0 Å². The highest BCUT2D eigenvalue weighted by Gasteiger charge is 2.41. The van der Waals surface area contributed by atoms with E-state index < -0.39 is 0 Å². The van der Waals surface area contributed by atoms with Gasteiger partial charge in [-0.25, -0.2) is 0 Å². The molecule has 0 radical (unpaired) electrons. The Hall–Kier alpha value is -1.55. The molecular weight excluding hydrogens is 276 g/mol. The van der Waals surface area contributed by atoms with Crippen LogP contribution in [0.15, 0.2) is 24.3 Å². The highest BCUT2D eigenvalue weighted by molar-refractivity contribution is 5.99. The van der Waals surface area contributed by atoms with Crippen molar-refractivity contribution >= 4 is 24.2 Å². The van der Waals surface area contributed by atoms with Crippen LogP contribution in [0.25, 0.3) is 0 Å². The Morgan fingerprint density at radius 2 is 1.95 bits per heavy atom. The lowest BCUT2D eigenvalue weighted by Gasteiger charge is -2.38. The van der Waals surface area contributed by atoms with Gasteiger partial charge in [-0.1, -0.05) is 32.0 Å². The average molecular weight is 295 g/mol. The van der Waals surface area contributed by atoms with E-state index in [9.17, 15) is 9.59 Å². The van der Waals surface area contributed by atoms with E-state index in [1.165, 1.54) is 0 Å². The Morgan fingerprint density at radius 1 is 1.25 bits per heavy atom. The fourth-order valence-corrected chi connectivity index (χ4v) is 2.99. The molecule has 0 aliphatic carbocycles. The first-order chi connectivity index (χ1) is 9.09. The summed E-state index contributed by atoms with van der Waals surface area (Å²) in [5.74, 6) is 0.299. The van der Waals surface area contributed by atoms with Crippen molar-refractivity contribution < 1.29 is 9.59 Å². The predicted octanol–water partition coefficient (Wildman–Crippen LogP) is 2.10. The molecule has 0 bridgehead atoms. The number of carbonyl (C=O) groups excluding carboxylic acids is 2. The predicted molar refractivity (Wildman–Crippen MR) is 78.9 cm³/mol. The zero-order chi connectivity index (χ0) is 13.6. The Balaban J connectivity index is 0.00000147. The van der Waals surface area contributed by atoms with Gasteiger partial charge in [-0.05, 0) is 11.6 Å². The van der Waals surface area contributed by atoms with Crippen molar-refractivity contribution in [3.8, 4) is 0 Å². The molecule has 2 aliphatic rings. The number of fused-ring (bicyclic) bond motifs is 3. The van der Waals surface area contributed by atoms with Crippen LogP contribution in [0.4, 0.5) is 0 Å². The van der Waals surface area contributed by atoms with Gasteiger partial charge in [-0.2, -0.15) is 0 Å². The summed E-state index contributed by atoms with van der Waals surface area (Å²) in [4.78, 5) is 28.2. The molecule has 20 heavy (non-hydrogen) atoms. The topological polar surface area (TPSA) is 40.6 Å². The normalized spacial score (nSPS) is 20.6. The molecule has 1 atom stereocenters. The van der Waals surface area contributed by atoms with Crippen molar-refractivity contribution in [2.45, 2.75) is 19.9 Å². The molecule has 2 heterocycles. The molecule has 4 nitrogen and oxygen atoms in total. The van der Waals surface area contributed by atoms with Crippen LogP contribution >= 0.6 is 12.4 Å². The molecule has 1 aromatic carbocycles. The molecule has 1 fully saturated rings. The van der Waals surface area contributed by atoms with Crippen molar-refractivity contribution in [2.24, 2.45) is 5.92 Å². The number of piperazine rings is 1. The highest BCUT2D eigenvalue weighted by atomic mass is 35.5. The fraction of sp³-hybridized carbons (Fsp3) is 0.467. The third kappa shape index (κ3) is 2.18. The molecule has 0 aromatic heterocycles. The minimum Gasteiger partial charge on any atom is -0.338 e. The van der Waals surface area contributed by atoms with Crippen LogP contribution in [0.5, 0.6) is 0 Å². The van der Waals surface area contributed by atoms with Crippen molar-refractivity contribution in [2.75, 3.05) is 19.6 Å². The molecule has 0 saturated carbocycles. The number of nitrogens with zero attached hydrogens (tertiary/aromatic N) is 2. The van der Waals surface area contributed by atoms with Crippen LogP contribution < -0.4 is 0 Å². The maximum atomic E-state index is 12.3. The first kappa shape index (κ1) is 14.9. The lowest BCUT2D eigenvalue weighted by molar-refractivity contribution is -0.137. The summed E-state index contributed by atoms with van der Waals surface area (Å²) in [6, 6.07) is 7.77. The van der Waals surface area contributed by atoms with Gasteiger partial charge in [0, 0.05) is 31.1 Å². The van der Waals surface area contributed by atoms with E-state index in [2.05, 4.69) is 0 Å². The zero-order valence-corrected chi connectivity index (χ0v) is 12.5. The summed E-state index contributed by atoms with van der Waals surface area (Å²) < 4.78 is 0. The number of carbonyl (C=O) groups is 2. The average Bonchev–Trinajstić information content (AvgIpc) is 2.72. The first-order valence-electron chi connectivity index (χ1n) is 6.78. The molecule has 1 saturated heterocycles. The van der Waals surface area contributed by atoms with Gasteiger partial charge in [0.25, 0.3) is 5.91 Å². The maximum Gasteiger partial charge on any atom is 0.254 e. The molecule has 2 amide bonds. The maximum absolute atomic E-state index is 12.3. The zero-order valence-electron chi connectivity index (χ0n) is 11.7. The number of amides is 2. The standard InChI is InChI=1S/C15H18N2O2.ClH/c1-10(2)14(18)16-7-8-17-13(9-16)11-5-3-4-6-12(11)15(17)19;/h3-6,10,13H,7-9H2,1-2H3;1H/t13-;/m1./s1. The fourth-order valence-electron chi connectivity index (χ4n) is 2.99. The highest BCUT2D eigenvalue weighted by Crippen LogP contribution is 2.36. The molecule has 3 rings (SSSR count). The smallest absolute Gasteiger partial charge is 0.254 e. The second kappa shape index (κ2) is 5.44. The minimum atomic E-state index is 0. The van der Waals surface area contributed by atoms with Crippen LogP contribution in [0.3, 0.4) is 0 Å². The summed E-state index contributed by atoms with van der Waals surface area (Å²) in [5.41, 5.74) is 1.86. The SMILES string of the molecule is CC(C)C(=O)N1CCN2C(=O)c3ccccc3[C@H]2C1.Cl. The van der Waals surface area contributed by atoms with Crippen molar-refractivity contribution in [1.29, 1.82) is 0 Å². The second-order valence-electron chi connectivity index (χ2n) is 5.54. The molecule has 0 spiro atoms. The van der Waals surface area contributed by atoms with Crippen LogP contribution in [0.2, 0.25) is 0 Å². The minimum absolute atomic E-state index is 0. The summed E-state index contributed by atoms with van der Waals surface area (Å²) >= 11 is 0. The molecule has 2 aliphatic heterocycles. The molecule has 0 N–H and O–H groups in total. The lowest BCUT2D eigenvalue weighted by Crippen LogP contribution is -2.50. The van der Waals surface area contributed by atoms with Gasteiger partial charge in [-0.3, -0.25) is 9.59 Å². The van der Waals surface area contributed by atoms with E-state index in [4.69, 9.17) is 0 Å². The first-order valence-corrected chi connectivity index (χ1v) is 6.78. The molecule has 5 heteroatoms. The Morgan fingerprint density at radius 3 is 2.65 bits per heavy atom. The van der Waals surface area contributed by atoms with Gasteiger partial charge in [0.2, 0.25) is 5.91 Å². The van der Waals surface area contributed by atoms with E-state index in [1.54, 1.807) is 0 Å². The van der Waals surface area contributed by atoms with Crippen molar-refractivity contribution in [3.05, 3.63) is 35.4 Å². The monoisotopic (exact) mass is 294 g/mol. The molecule has 0 unspecified atom stereocenters. The molecular formula is C15H19ClN2O2. The Labute approximate surface area is 125 Å². The second-order valence-corrected chi connectivity index (χ2v) is 5.54. The van der Waals surface area contributed by atoms with E-state index in [0.717, 1.165) is 11.1 Å². The lowest BCUT2D eigenvalue weighted by atomic mass is 10.0. The largest absolute Gasteiger partial charge is 0.338 e. The summed E-state index contributed by atoms with van der Waals surface area (Å²) in [6.07, 6.45) is 0. The summed E-state index contributed by atoms with van der Waals surface area (Å²) in [5, 5.41) is 0. The van der Waals surface area contributed by atoms with E-state index in [-0.39, 0.29) is 36.2 Å². The molecule has 108 valence electrons. The number of rotatable bonds is 1. The third-order valence-corrected chi connectivity index (χ3v) is 4.00. The van der Waals surface area contributed by atoms with E-state index >= 15 is 0 Å². The number of halogens is 1. The van der Waals surface area contributed by atoms with Gasteiger partial charge in [0.1, 0.15) is 0 Å². The van der Waals surface area contributed by atoms with Crippen molar-refractivity contribution in [1.82, 2.24) is 9.80 Å². The van der Waals surface area contributed by atoms with Crippen molar-refractivity contribution in [3.63, 3.8) is 0 Å². The van der Waals surface area contributed by atoms with Crippen LogP contribution in [-0.4, -0.2) is 41.2 Å².